The summed E-state index contributed by atoms with van der Waals surface area (Å²) in [6.07, 6.45) is 4.57. The fourth-order valence-electron chi connectivity index (χ4n) is 3.42. The lowest BCUT2D eigenvalue weighted by Gasteiger charge is -2.09. The highest BCUT2D eigenvalue weighted by Gasteiger charge is 2.06. The lowest BCUT2D eigenvalue weighted by Crippen LogP contribution is -2.27. The van der Waals surface area contributed by atoms with E-state index < -0.39 is 0 Å². The molecule has 2 heterocycles. The first-order chi connectivity index (χ1) is 13.7. The van der Waals surface area contributed by atoms with Crippen molar-refractivity contribution >= 4 is 27.7 Å². The van der Waals surface area contributed by atoms with Crippen LogP contribution in [0.3, 0.4) is 0 Å². The molecule has 4 aromatic rings. The van der Waals surface area contributed by atoms with E-state index in [4.69, 9.17) is 0 Å². The number of nitrogens with one attached hydrogen (secondary N) is 1. The first-order valence-corrected chi connectivity index (χ1v) is 9.47. The van der Waals surface area contributed by atoms with E-state index in [-0.39, 0.29) is 11.5 Å². The van der Waals surface area contributed by atoms with Crippen LogP contribution in [0, 0.1) is 0 Å². The maximum atomic E-state index is 12.4. The van der Waals surface area contributed by atoms with E-state index in [9.17, 15) is 9.59 Å². The smallest absolute Gasteiger partial charge is 0.261 e. The van der Waals surface area contributed by atoms with Gasteiger partial charge in [0, 0.05) is 37.8 Å². The van der Waals surface area contributed by atoms with Crippen LogP contribution in [0.1, 0.15) is 12.8 Å². The summed E-state index contributed by atoms with van der Waals surface area (Å²) < 4.78 is 3.71. The summed E-state index contributed by atoms with van der Waals surface area (Å²) in [5.74, 6) is -0.00161. The number of hydrogen-bond donors (Lipinski definition) is 1. The van der Waals surface area contributed by atoms with Crippen molar-refractivity contribution in [2.45, 2.75) is 25.9 Å². The van der Waals surface area contributed by atoms with E-state index in [2.05, 4.69) is 33.1 Å². The molecule has 142 valence electrons. The molecule has 28 heavy (non-hydrogen) atoms. The molecular formula is C22H22N4O2. The monoisotopic (exact) mass is 374 g/mol. The van der Waals surface area contributed by atoms with Crippen molar-refractivity contribution < 1.29 is 4.79 Å². The zero-order valence-corrected chi connectivity index (χ0v) is 15.5. The number of fused-ring (bicyclic) bond motifs is 2. The van der Waals surface area contributed by atoms with Gasteiger partial charge in [0.2, 0.25) is 5.91 Å². The van der Waals surface area contributed by atoms with Gasteiger partial charge in [0.15, 0.2) is 0 Å². The molecule has 0 atom stereocenters. The Hall–Kier alpha value is -3.41. The molecule has 0 aliphatic heterocycles. The molecule has 0 saturated heterocycles. The van der Waals surface area contributed by atoms with Crippen LogP contribution in [0.2, 0.25) is 0 Å². The van der Waals surface area contributed by atoms with Crippen LogP contribution in [0.5, 0.6) is 0 Å². The summed E-state index contributed by atoms with van der Waals surface area (Å²) in [7, 11) is 0. The number of nitrogens with zero attached hydrogens (tertiary/aromatic N) is 3. The number of carbonyl (C=O) groups is 1. The quantitative estimate of drug-likeness (QED) is 0.541. The van der Waals surface area contributed by atoms with Gasteiger partial charge < -0.3 is 9.88 Å². The third-order valence-electron chi connectivity index (χ3n) is 4.89. The van der Waals surface area contributed by atoms with Crippen molar-refractivity contribution in [2.75, 3.05) is 6.54 Å². The summed E-state index contributed by atoms with van der Waals surface area (Å²) in [4.78, 5) is 28.8. The number of aryl methyl sites for hydroxylation is 1. The average molecular weight is 374 g/mol. The molecular weight excluding hydrogens is 352 g/mol. The maximum Gasteiger partial charge on any atom is 0.261 e. The zero-order valence-electron chi connectivity index (χ0n) is 15.5. The fourth-order valence-corrected chi connectivity index (χ4v) is 3.42. The van der Waals surface area contributed by atoms with Crippen LogP contribution >= 0.6 is 0 Å². The largest absolute Gasteiger partial charge is 0.354 e. The lowest BCUT2D eigenvalue weighted by molar-refractivity contribution is -0.121. The van der Waals surface area contributed by atoms with Crippen molar-refractivity contribution in [3.63, 3.8) is 0 Å². The Morgan fingerprint density at radius 3 is 2.71 bits per heavy atom. The molecule has 0 aliphatic rings. The van der Waals surface area contributed by atoms with Gasteiger partial charge in [-0.3, -0.25) is 14.2 Å². The molecule has 0 aliphatic carbocycles. The van der Waals surface area contributed by atoms with Crippen LogP contribution in [-0.2, 0) is 17.9 Å². The minimum Gasteiger partial charge on any atom is -0.354 e. The third kappa shape index (κ3) is 3.81. The summed E-state index contributed by atoms with van der Waals surface area (Å²) in [6, 6.07) is 17.6. The Morgan fingerprint density at radius 2 is 1.79 bits per heavy atom. The standard InChI is InChI=1S/C22H22N4O2/c27-21(23-12-15-25-14-11-17-6-1-4-9-20(17)25)10-5-13-26-16-24-19-8-3-2-7-18(19)22(26)28/h1-4,6-9,11,14,16H,5,10,12-13,15H2,(H,23,27). The van der Waals surface area contributed by atoms with E-state index >= 15 is 0 Å². The van der Waals surface area contributed by atoms with Gasteiger partial charge >= 0.3 is 0 Å². The minimum atomic E-state index is -0.0644. The van der Waals surface area contributed by atoms with E-state index in [1.54, 1.807) is 17.0 Å². The second-order valence-electron chi connectivity index (χ2n) is 6.78. The Labute approximate surface area is 162 Å². The average Bonchev–Trinajstić information content (AvgIpc) is 3.13. The van der Waals surface area contributed by atoms with Gasteiger partial charge in [-0.25, -0.2) is 4.98 Å². The van der Waals surface area contributed by atoms with E-state index in [0.717, 1.165) is 6.54 Å². The summed E-state index contributed by atoms with van der Waals surface area (Å²) in [6.45, 7) is 1.79. The highest BCUT2D eigenvalue weighted by molar-refractivity contribution is 5.80. The maximum absolute atomic E-state index is 12.4. The summed E-state index contributed by atoms with van der Waals surface area (Å²) in [5.41, 5.74) is 1.80. The van der Waals surface area contributed by atoms with Gasteiger partial charge in [-0.1, -0.05) is 30.3 Å². The van der Waals surface area contributed by atoms with Crippen LogP contribution in [0.4, 0.5) is 0 Å². The molecule has 0 spiro atoms. The topological polar surface area (TPSA) is 68.9 Å². The predicted octanol–water partition coefficient (Wildman–Crippen LogP) is 2.95. The molecule has 2 aromatic carbocycles. The van der Waals surface area contributed by atoms with Crippen LogP contribution < -0.4 is 10.9 Å². The van der Waals surface area contributed by atoms with Crippen LogP contribution in [-0.4, -0.2) is 26.6 Å². The summed E-state index contributed by atoms with van der Waals surface area (Å²) in [5, 5.41) is 4.76. The van der Waals surface area contributed by atoms with Crippen molar-refractivity contribution in [3.8, 4) is 0 Å². The van der Waals surface area contributed by atoms with Gasteiger partial charge in [-0.05, 0) is 36.1 Å². The summed E-state index contributed by atoms with van der Waals surface area (Å²) >= 11 is 0. The molecule has 0 bridgehead atoms. The minimum absolute atomic E-state index is 0.00161. The SMILES string of the molecule is O=C(CCCn1cnc2ccccc2c1=O)NCCn1ccc2ccccc21. The van der Waals surface area contributed by atoms with E-state index in [1.165, 1.54) is 10.9 Å². The Morgan fingerprint density at radius 1 is 0.964 bits per heavy atom. The number of benzene rings is 2. The van der Waals surface area contributed by atoms with Gasteiger partial charge in [0.1, 0.15) is 0 Å². The number of rotatable bonds is 7. The predicted molar refractivity (Wildman–Crippen MR) is 110 cm³/mol. The second kappa shape index (κ2) is 8.08. The Bertz CT molecular complexity index is 1180. The first kappa shape index (κ1) is 18.0. The van der Waals surface area contributed by atoms with Crippen molar-refractivity contribution in [1.82, 2.24) is 19.4 Å². The van der Waals surface area contributed by atoms with Crippen molar-refractivity contribution in [2.24, 2.45) is 0 Å². The first-order valence-electron chi connectivity index (χ1n) is 9.47. The highest BCUT2D eigenvalue weighted by Crippen LogP contribution is 2.14. The number of carbonyl (C=O) groups excluding carboxylic acids is 1. The van der Waals surface area contributed by atoms with E-state index in [0.29, 0.717) is 36.8 Å². The molecule has 1 amide bonds. The van der Waals surface area contributed by atoms with Crippen LogP contribution in [0.15, 0.2) is 71.9 Å². The normalized spacial score (nSPS) is 11.1. The number of hydrogen-bond acceptors (Lipinski definition) is 3. The molecule has 2 aromatic heterocycles. The van der Waals surface area contributed by atoms with Crippen molar-refractivity contribution in [1.29, 1.82) is 0 Å². The highest BCUT2D eigenvalue weighted by atomic mass is 16.1. The Kier molecular flexibility index (Phi) is 5.19. The molecule has 6 heteroatoms. The molecule has 1 N–H and O–H groups in total. The zero-order chi connectivity index (χ0) is 19.3. The van der Waals surface area contributed by atoms with Gasteiger partial charge in [-0.2, -0.15) is 0 Å². The van der Waals surface area contributed by atoms with Gasteiger partial charge in [-0.15, -0.1) is 0 Å². The molecule has 0 saturated carbocycles. The number of para-hydroxylation sites is 2. The molecule has 0 unspecified atom stereocenters. The number of aromatic nitrogens is 3. The van der Waals surface area contributed by atoms with Gasteiger partial charge in [0.25, 0.3) is 5.56 Å². The van der Waals surface area contributed by atoms with Gasteiger partial charge in [0.05, 0.1) is 17.2 Å². The fraction of sp³-hybridized carbons (Fsp3) is 0.227. The molecule has 6 nitrogen and oxygen atoms in total. The number of amides is 1. The molecule has 0 fully saturated rings. The molecule has 4 rings (SSSR count). The molecule has 0 radical (unpaired) electrons. The van der Waals surface area contributed by atoms with E-state index in [1.807, 2.05) is 36.5 Å². The lowest BCUT2D eigenvalue weighted by atomic mass is 10.2. The van der Waals surface area contributed by atoms with Crippen molar-refractivity contribution in [3.05, 3.63) is 77.5 Å². The third-order valence-corrected chi connectivity index (χ3v) is 4.89. The second-order valence-corrected chi connectivity index (χ2v) is 6.78. The van der Waals surface area contributed by atoms with Crippen LogP contribution in [0.25, 0.3) is 21.8 Å². The Balaban J connectivity index is 1.26.